The number of carbonyl (C=O) groups excluding carboxylic acids is 1. The van der Waals surface area contributed by atoms with Crippen molar-refractivity contribution in [2.75, 3.05) is 18.8 Å². The lowest BCUT2D eigenvalue weighted by Gasteiger charge is -2.34. The topological polar surface area (TPSA) is 20.3 Å². The van der Waals surface area contributed by atoms with Gasteiger partial charge in [-0.05, 0) is 24.7 Å². The van der Waals surface area contributed by atoms with E-state index in [9.17, 15) is 4.79 Å². The van der Waals surface area contributed by atoms with Crippen LogP contribution in [0.2, 0.25) is 0 Å². The molecule has 0 aromatic rings. The average Bonchev–Trinajstić information content (AvgIpc) is 2.82. The van der Waals surface area contributed by atoms with Gasteiger partial charge in [0, 0.05) is 30.5 Å². The summed E-state index contributed by atoms with van der Waals surface area (Å²) in [6.07, 6.45) is 7.48. The van der Waals surface area contributed by atoms with Crippen LogP contribution in [0.15, 0.2) is 12.2 Å². The molecular weight excluding hydrogens is 230 g/mol. The first-order chi connectivity index (χ1) is 8.16. The van der Waals surface area contributed by atoms with Crippen LogP contribution < -0.4 is 0 Å². The molecular formula is C14H23NOS. The molecule has 0 saturated carbocycles. The van der Waals surface area contributed by atoms with Gasteiger partial charge in [0.25, 0.3) is 0 Å². The summed E-state index contributed by atoms with van der Waals surface area (Å²) < 4.78 is 0. The lowest BCUT2D eigenvalue weighted by atomic mass is 10.0. The van der Waals surface area contributed by atoms with Crippen molar-refractivity contribution in [1.82, 2.24) is 4.90 Å². The molecule has 2 unspecified atom stereocenters. The molecule has 0 bridgehead atoms. The third kappa shape index (κ3) is 3.51. The van der Waals surface area contributed by atoms with Gasteiger partial charge in [0.2, 0.25) is 5.91 Å². The molecule has 2 aliphatic rings. The Labute approximate surface area is 109 Å². The van der Waals surface area contributed by atoms with Crippen molar-refractivity contribution < 1.29 is 4.79 Å². The zero-order valence-corrected chi connectivity index (χ0v) is 11.7. The highest BCUT2D eigenvalue weighted by Crippen LogP contribution is 2.27. The first-order valence-electron chi connectivity index (χ1n) is 6.73. The fourth-order valence-corrected chi connectivity index (χ4v) is 3.82. The Morgan fingerprint density at radius 3 is 3.00 bits per heavy atom. The Balaban J connectivity index is 1.83. The van der Waals surface area contributed by atoms with Crippen molar-refractivity contribution in [2.45, 2.75) is 38.4 Å². The smallest absolute Gasteiger partial charge is 0.223 e. The van der Waals surface area contributed by atoms with Crippen molar-refractivity contribution in [2.24, 2.45) is 11.8 Å². The van der Waals surface area contributed by atoms with Gasteiger partial charge in [0.1, 0.15) is 0 Å². The molecule has 17 heavy (non-hydrogen) atoms. The standard InChI is InChI=1S/C14H23NOS/c1-11(2)13-10-15(7-8-17-13)14(16)9-12-5-3-4-6-12/h3,5,11-13H,4,6-10H2,1-2H3. The van der Waals surface area contributed by atoms with Gasteiger partial charge < -0.3 is 4.90 Å². The largest absolute Gasteiger partial charge is 0.341 e. The lowest BCUT2D eigenvalue weighted by molar-refractivity contribution is -0.131. The average molecular weight is 253 g/mol. The second-order valence-electron chi connectivity index (χ2n) is 5.46. The zero-order valence-electron chi connectivity index (χ0n) is 10.9. The highest BCUT2D eigenvalue weighted by Gasteiger charge is 2.27. The molecule has 0 aromatic heterocycles. The molecule has 3 heteroatoms. The van der Waals surface area contributed by atoms with E-state index < -0.39 is 0 Å². The number of hydrogen-bond donors (Lipinski definition) is 0. The van der Waals surface area contributed by atoms with Gasteiger partial charge in [0.05, 0.1) is 0 Å². The monoisotopic (exact) mass is 253 g/mol. The zero-order chi connectivity index (χ0) is 12.3. The first-order valence-corrected chi connectivity index (χ1v) is 7.77. The van der Waals surface area contributed by atoms with Crippen LogP contribution in [-0.2, 0) is 4.79 Å². The second kappa shape index (κ2) is 5.94. The van der Waals surface area contributed by atoms with E-state index in [1.165, 1.54) is 6.42 Å². The maximum absolute atomic E-state index is 12.2. The van der Waals surface area contributed by atoms with Gasteiger partial charge >= 0.3 is 0 Å². The fraction of sp³-hybridized carbons (Fsp3) is 0.786. The summed E-state index contributed by atoms with van der Waals surface area (Å²) in [7, 11) is 0. The van der Waals surface area contributed by atoms with E-state index in [1.807, 2.05) is 11.8 Å². The number of amides is 1. The van der Waals surface area contributed by atoms with Crippen molar-refractivity contribution in [3.05, 3.63) is 12.2 Å². The maximum atomic E-state index is 12.2. The third-order valence-corrected chi connectivity index (χ3v) is 5.28. The summed E-state index contributed by atoms with van der Waals surface area (Å²) in [5.74, 6) is 2.65. The molecule has 96 valence electrons. The van der Waals surface area contributed by atoms with Gasteiger partial charge in [-0.25, -0.2) is 0 Å². The fourth-order valence-electron chi connectivity index (χ4n) is 2.52. The van der Waals surface area contributed by atoms with Crippen LogP contribution in [0.1, 0.15) is 33.1 Å². The van der Waals surface area contributed by atoms with Crippen molar-refractivity contribution in [1.29, 1.82) is 0 Å². The molecule has 0 N–H and O–H groups in total. The SMILES string of the molecule is CC(C)C1CN(C(=O)CC2C=CCC2)CCS1. The minimum absolute atomic E-state index is 0.368. The summed E-state index contributed by atoms with van der Waals surface area (Å²) in [5, 5.41) is 0.631. The minimum atomic E-state index is 0.368. The molecule has 0 spiro atoms. The van der Waals surface area contributed by atoms with Crippen LogP contribution in [0.5, 0.6) is 0 Å². The Morgan fingerprint density at radius 2 is 2.35 bits per heavy atom. The van der Waals surface area contributed by atoms with E-state index in [2.05, 4.69) is 30.9 Å². The quantitative estimate of drug-likeness (QED) is 0.721. The number of allylic oxidation sites excluding steroid dienone is 2. The minimum Gasteiger partial charge on any atom is -0.341 e. The van der Waals surface area contributed by atoms with Crippen molar-refractivity contribution in [3.8, 4) is 0 Å². The Kier molecular flexibility index (Phi) is 4.55. The number of carbonyl (C=O) groups is 1. The molecule has 1 fully saturated rings. The molecule has 2 atom stereocenters. The molecule has 1 amide bonds. The molecule has 1 aliphatic heterocycles. The Morgan fingerprint density at radius 1 is 1.53 bits per heavy atom. The van der Waals surface area contributed by atoms with Crippen LogP contribution in [0.25, 0.3) is 0 Å². The van der Waals surface area contributed by atoms with Crippen LogP contribution in [0.3, 0.4) is 0 Å². The first kappa shape index (κ1) is 13.0. The van der Waals surface area contributed by atoms with E-state index in [-0.39, 0.29) is 0 Å². The summed E-state index contributed by atoms with van der Waals surface area (Å²) in [4.78, 5) is 14.3. The van der Waals surface area contributed by atoms with Gasteiger partial charge in [-0.1, -0.05) is 26.0 Å². The molecule has 2 rings (SSSR count). The number of rotatable bonds is 3. The molecule has 1 aliphatic carbocycles. The summed E-state index contributed by atoms with van der Waals surface area (Å²) in [5.41, 5.74) is 0. The van der Waals surface area contributed by atoms with E-state index in [1.54, 1.807) is 0 Å². The molecule has 1 heterocycles. The second-order valence-corrected chi connectivity index (χ2v) is 6.81. The molecule has 2 nitrogen and oxygen atoms in total. The number of thioether (sulfide) groups is 1. The predicted molar refractivity (Wildman–Crippen MR) is 74.1 cm³/mol. The van der Waals surface area contributed by atoms with Crippen molar-refractivity contribution >= 4 is 17.7 Å². The van der Waals surface area contributed by atoms with E-state index in [0.29, 0.717) is 23.0 Å². The van der Waals surface area contributed by atoms with Gasteiger partial charge in [-0.3, -0.25) is 4.79 Å². The van der Waals surface area contributed by atoms with E-state index in [4.69, 9.17) is 0 Å². The normalized spacial score (nSPS) is 29.0. The van der Waals surface area contributed by atoms with Crippen LogP contribution in [0.4, 0.5) is 0 Å². The molecule has 0 aromatic carbocycles. The third-order valence-electron chi connectivity index (χ3n) is 3.74. The molecule has 0 radical (unpaired) electrons. The van der Waals surface area contributed by atoms with Crippen molar-refractivity contribution in [3.63, 3.8) is 0 Å². The summed E-state index contributed by atoms with van der Waals surface area (Å²) in [6, 6.07) is 0. The van der Waals surface area contributed by atoms with Gasteiger partial charge in [0.15, 0.2) is 0 Å². The highest BCUT2D eigenvalue weighted by atomic mass is 32.2. The molecule has 1 saturated heterocycles. The lowest BCUT2D eigenvalue weighted by Crippen LogP contribution is -2.43. The van der Waals surface area contributed by atoms with E-state index in [0.717, 1.165) is 31.7 Å². The Bertz CT molecular complexity index is 301. The van der Waals surface area contributed by atoms with Crippen LogP contribution in [0, 0.1) is 11.8 Å². The number of nitrogens with zero attached hydrogens (tertiary/aromatic N) is 1. The summed E-state index contributed by atoms with van der Waals surface area (Å²) in [6.45, 7) is 6.41. The van der Waals surface area contributed by atoms with Gasteiger partial charge in [-0.15, -0.1) is 0 Å². The van der Waals surface area contributed by atoms with Gasteiger partial charge in [-0.2, -0.15) is 11.8 Å². The highest BCUT2D eigenvalue weighted by molar-refractivity contribution is 8.00. The number of hydrogen-bond acceptors (Lipinski definition) is 2. The van der Waals surface area contributed by atoms with Crippen LogP contribution >= 0.6 is 11.8 Å². The maximum Gasteiger partial charge on any atom is 0.223 e. The Hall–Kier alpha value is -0.440. The van der Waals surface area contributed by atoms with E-state index >= 15 is 0 Å². The van der Waals surface area contributed by atoms with Crippen LogP contribution in [-0.4, -0.2) is 34.9 Å². The predicted octanol–water partition coefficient (Wildman–Crippen LogP) is 2.94. The summed E-state index contributed by atoms with van der Waals surface area (Å²) >= 11 is 2.03.